The van der Waals surface area contributed by atoms with Gasteiger partial charge in [0.15, 0.2) is 0 Å². The second kappa shape index (κ2) is 4.66. The molecule has 2 rings (SSSR count). The van der Waals surface area contributed by atoms with Gasteiger partial charge in [-0.25, -0.2) is 0 Å². The molecule has 0 aliphatic heterocycles. The molecule has 0 radical (unpaired) electrons. The maximum Gasteiger partial charge on any atom is 0.417 e. The van der Waals surface area contributed by atoms with Crippen LogP contribution in [0.3, 0.4) is 0 Å². The van der Waals surface area contributed by atoms with E-state index in [0.29, 0.717) is 6.07 Å². The van der Waals surface area contributed by atoms with Gasteiger partial charge in [-0.05, 0) is 31.0 Å². The van der Waals surface area contributed by atoms with Crippen LogP contribution in [0, 0.1) is 5.41 Å². The van der Waals surface area contributed by atoms with Gasteiger partial charge in [0.05, 0.1) is 10.6 Å². The van der Waals surface area contributed by atoms with Crippen LogP contribution in [0.1, 0.15) is 18.4 Å². The summed E-state index contributed by atoms with van der Waals surface area (Å²) in [6.45, 7) is 0. The highest BCUT2D eigenvalue weighted by Crippen LogP contribution is 2.47. The molecule has 0 saturated heterocycles. The number of carbonyl (C=O) groups is 2. The van der Waals surface area contributed by atoms with E-state index < -0.39 is 34.1 Å². The molecule has 0 unspecified atom stereocenters. The number of aliphatic carboxylic acids is 1. The second-order valence-corrected chi connectivity index (χ2v) is 4.94. The van der Waals surface area contributed by atoms with Gasteiger partial charge in [-0.2, -0.15) is 13.2 Å². The van der Waals surface area contributed by atoms with Gasteiger partial charge < -0.3 is 10.4 Å². The zero-order valence-electron chi connectivity index (χ0n) is 9.92. The largest absolute Gasteiger partial charge is 0.480 e. The van der Waals surface area contributed by atoms with Crippen molar-refractivity contribution in [1.29, 1.82) is 0 Å². The Balaban J connectivity index is 2.23. The third-order valence-corrected chi connectivity index (χ3v) is 3.45. The number of carbonyl (C=O) groups excluding carboxylic acids is 1. The normalized spacial score (nSPS) is 16.6. The van der Waals surface area contributed by atoms with E-state index in [1.54, 1.807) is 0 Å². The average molecular weight is 308 g/mol. The topological polar surface area (TPSA) is 66.4 Å². The monoisotopic (exact) mass is 307 g/mol. The molecule has 0 bridgehead atoms. The minimum Gasteiger partial charge on any atom is -0.480 e. The Morgan fingerprint density at radius 1 is 1.30 bits per heavy atom. The summed E-state index contributed by atoms with van der Waals surface area (Å²) < 4.78 is 37.9. The first-order chi connectivity index (χ1) is 9.17. The summed E-state index contributed by atoms with van der Waals surface area (Å²) in [7, 11) is 0. The molecule has 4 nitrogen and oxygen atoms in total. The molecule has 0 spiro atoms. The molecule has 1 aliphatic rings. The van der Waals surface area contributed by atoms with Crippen LogP contribution in [0.5, 0.6) is 0 Å². The molecule has 108 valence electrons. The van der Waals surface area contributed by atoms with Crippen LogP contribution in [0.25, 0.3) is 0 Å². The Labute approximate surface area is 116 Å². The van der Waals surface area contributed by atoms with E-state index in [4.69, 9.17) is 16.7 Å². The third kappa shape index (κ3) is 2.58. The summed E-state index contributed by atoms with van der Waals surface area (Å²) in [4.78, 5) is 22.7. The minimum atomic E-state index is -4.65. The quantitative estimate of drug-likeness (QED) is 0.843. The standard InChI is InChI=1S/C12H9ClF3NO3/c13-8-2-1-6(5-7(8)12(14,15)16)17-9(18)11(3-4-11)10(19)20/h1-2,5H,3-4H2,(H,17,18)(H,19,20). The van der Waals surface area contributed by atoms with Crippen molar-refractivity contribution in [3.63, 3.8) is 0 Å². The first kappa shape index (κ1) is 14.6. The number of halogens is 4. The summed E-state index contributed by atoms with van der Waals surface area (Å²) >= 11 is 5.44. The maximum atomic E-state index is 12.6. The molecule has 1 aromatic carbocycles. The van der Waals surface area contributed by atoms with Crippen molar-refractivity contribution in [1.82, 2.24) is 0 Å². The zero-order chi connectivity index (χ0) is 15.1. The number of amides is 1. The van der Waals surface area contributed by atoms with E-state index in [9.17, 15) is 22.8 Å². The summed E-state index contributed by atoms with van der Waals surface area (Å²) in [6, 6.07) is 2.87. The van der Waals surface area contributed by atoms with Gasteiger partial charge in [0, 0.05) is 5.69 Å². The van der Waals surface area contributed by atoms with Crippen LogP contribution in [0.4, 0.5) is 18.9 Å². The van der Waals surface area contributed by atoms with Crippen LogP contribution < -0.4 is 5.32 Å². The van der Waals surface area contributed by atoms with E-state index in [-0.39, 0.29) is 18.5 Å². The number of rotatable bonds is 3. The van der Waals surface area contributed by atoms with Crippen LogP contribution in [0.15, 0.2) is 18.2 Å². The van der Waals surface area contributed by atoms with Crippen LogP contribution in [0.2, 0.25) is 5.02 Å². The van der Waals surface area contributed by atoms with Crippen molar-refractivity contribution in [3.05, 3.63) is 28.8 Å². The van der Waals surface area contributed by atoms with Gasteiger partial charge in [0.2, 0.25) is 5.91 Å². The van der Waals surface area contributed by atoms with Gasteiger partial charge >= 0.3 is 12.1 Å². The van der Waals surface area contributed by atoms with Crippen molar-refractivity contribution < 1.29 is 27.9 Å². The van der Waals surface area contributed by atoms with Gasteiger partial charge in [0.1, 0.15) is 5.41 Å². The van der Waals surface area contributed by atoms with Crippen molar-refractivity contribution in [2.45, 2.75) is 19.0 Å². The van der Waals surface area contributed by atoms with E-state index in [0.717, 1.165) is 6.07 Å². The summed E-state index contributed by atoms with van der Waals surface area (Å²) in [5, 5.41) is 10.6. The highest BCUT2D eigenvalue weighted by atomic mass is 35.5. The molecular formula is C12H9ClF3NO3. The van der Waals surface area contributed by atoms with Crippen molar-refractivity contribution in [3.8, 4) is 0 Å². The highest BCUT2D eigenvalue weighted by molar-refractivity contribution is 6.31. The van der Waals surface area contributed by atoms with Gasteiger partial charge in [-0.15, -0.1) is 0 Å². The fourth-order valence-electron chi connectivity index (χ4n) is 1.73. The zero-order valence-corrected chi connectivity index (χ0v) is 10.7. The number of hydrogen-bond donors (Lipinski definition) is 2. The molecule has 1 aliphatic carbocycles. The molecule has 1 fully saturated rings. The predicted octanol–water partition coefficient (Wildman–Crippen LogP) is 3.16. The molecule has 2 N–H and O–H groups in total. The lowest BCUT2D eigenvalue weighted by molar-refractivity contribution is -0.147. The average Bonchev–Trinajstić information content (AvgIpc) is 3.11. The second-order valence-electron chi connectivity index (χ2n) is 4.53. The van der Waals surface area contributed by atoms with E-state index in [2.05, 4.69) is 5.32 Å². The van der Waals surface area contributed by atoms with Gasteiger partial charge in [0.25, 0.3) is 0 Å². The van der Waals surface area contributed by atoms with Crippen molar-refractivity contribution >= 4 is 29.2 Å². The summed E-state index contributed by atoms with van der Waals surface area (Å²) in [6.07, 6.45) is -4.30. The van der Waals surface area contributed by atoms with Crippen LogP contribution in [-0.4, -0.2) is 17.0 Å². The SMILES string of the molecule is O=C(O)C1(C(=O)Nc2ccc(Cl)c(C(F)(F)F)c2)CC1. The molecule has 1 amide bonds. The Morgan fingerprint density at radius 2 is 1.90 bits per heavy atom. The molecule has 1 saturated carbocycles. The Morgan fingerprint density at radius 3 is 2.35 bits per heavy atom. The summed E-state index contributed by atoms with van der Waals surface area (Å²) in [5.74, 6) is -2.10. The van der Waals surface area contributed by atoms with Crippen LogP contribution in [-0.2, 0) is 15.8 Å². The van der Waals surface area contributed by atoms with Crippen molar-refractivity contribution in [2.75, 3.05) is 5.32 Å². The molecule has 8 heteroatoms. The number of anilines is 1. The van der Waals surface area contributed by atoms with E-state index in [1.807, 2.05) is 0 Å². The minimum absolute atomic E-state index is 0.140. The Bertz CT molecular complexity index is 582. The smallest absolute Gasteiger partial charge is 0.417 e. The number of carboxylic acids is 1. The number of benzene rings is 1. The highest BCUT2D eigenvalue weighted by Gasteiger charge is 2.57. The molecule has 0 atom stereocenters. The van der Waals surface area contributed by atoms with Crippen molar-refractivity contribution in [2.24, 2.45) is 5.41 Å². The first-order valence-electron chi connectivity index (χ1n) is 5.58. The van der Waals surface area contributed by atoms with E-state index in [1.165, 1.54) is 6.07 Å². The number of alkyl halides is 3. The number of hydrogen-bond acceptors (Lipinski definition) is 2. The lowest BCUT2D eigenvalue weighted by atomic mass is 10.1. The maximum absolute atomic E-state index is 12.6. The third-order valence-electron chi connectivity index (χ3n) is 3.12. The predicted molar refractivity (Wildman–Crippen MR) is 64.4 cm³/mol. The fourth-order valence-corrected chi connectivity index (χ4v) is 1.96. The Kier molecular flexibility index (Phi) is 3.41. The molecular weight excluding hydrogens is 299 g/mol. The molecule has 0 aromatic heterocycles. The number of nitrogens with one attached hydrogen (secondary N) is 1. The van der Waals surface area contributed by atoms with Gasteiger partial charge in [-0.3, -0.25) is 9.59 Å². The molecule has 1 aromatic rings. The Hall–Kier alpha value is -1.76. The molecule has 0 heterocycles. The first-order valence-corrected chi connectivity index (χ1v) is 5.96. The lowest BCUT2D eigenvalue weighted by Crippen LogP contribution is -2.31. The van der Waals surface area contributed by atoms with Gasteiger partial charge in [-0.1, -0.05) is 11.6 Å². The fraction of sp³-hybridized carbons (Fsp3) is 0.333. The molecule has 20 heavy (non-hydrogen) atoms. The summed E-state index contributed by atoms with van der Waals surface area (Å²) in [5.41, 5.74) is -2.74. The van der Waals surface area contributed by atoms with E-state index >= 15 is 0 Å². The lowest BCUT2D eigenvalue weighted by Gasteiger charge is -2.14. The van der Waals surface area contributed by atoms with Crippen LogP contribution >= 0.6 is 11.6 Å². The number of carboxylic acid groups (broad SMARTS) is 1.